The fourth-order valence-corrected chi connectivity index (χ4v) is 6.97. The number of ketones is 1. The third-order valence-electron chi connectivity index (χ3n) is 8.09. The van der Waals surface area contributed by atoms with Crippen LogP contribution >= 0.6 is 11.3 Å². The van der Waals surface area contributed by atoms with Gasteiger partial charge in [-0.25, -0.2) is 0 Å². The zero-order valence-corrected chi connectivity index (χ0v) is 23.5. The van der Waals surface area contributed by atoms with Crippen LogP contribution in [0.5, 0.6) is 0 Å². The van der Waals surface area contributed by atoms with Crippen molar-refractivity contribution in [2.24, 2.45) is 23.2 Å². The van der Waals surface area contributed by atoms with Crippen molar-refractivity contribution in [1.82, 2.24) is 0 Å². The van der Waals surface area contributed by atoms with Gasteiger partial charge in [0, 0.05) is 27.8 Å². The van der Waals surface area contributed by atoms with Crippen LogP contribution in [0.1, 0.15) is 70.7 Å². The lowest BCUT2D eigenvalue weighted by Crippen LogP contribution is -2.42. The molecule has 0 amide bonds. The van der Waals surface area contributed by atoms with Crippen LogP contribution in [0.3, 0.4) is 0 Å². The Balaban J connectivity index is 1.80. The molecule has 2 unspecified atom stereocenters. The Hall–Kier alpha value is -3.03. The van der Waals surface area contributed by atoms with Crippen LogP contribution < -0.4 is 0 Å². The fourth-order valence-electron chi connectivity index (χ4n) is 5.82. The molecule has 0 aliphatic heterocycles. The van der Waals surface area contributed by atoms with Gasteiger partial charge in [-0.05, 0) is 65.0 Å². The number of nitrogens with zero attached hydrogens (tertiary/aromatic N) is 1. The molecule has 37 heavy (non-hydrogen) atoms. The molecule has 3 nitrogen and oxygen atoms in total. The summed E-state index contributed by atoms with van der Waals surface area (Å²) in [6.07, 6.45) is 14.0. The van der Waals surface area contributed by atoms with E-state index in [4.69, 9.17) is 5.41 Å². The molecule has 4 rings (SSSR count). The highest BCUT2D eigenvalue weighted by Crippen LogP contribution is 2.49. The van der Waals surface area contributed by atoms with Gasteiger partial charge in [0.05, 0.1) is 17.6 Å². The summed E-state index contributed by atoms with van der Waals surface area (Å²) in [6, 6.07) is 12.2. The number of allylic oxidation sites excluding steroid dienone is 6. The number of nitriles is 1. The van der Waals surface area contributed by atoms with Crippen LogP contribution in [0, 0.1) is 39.9 Å². The monoisotopic (exact) mass is 510 g/mol. The molecule has 1 aromatic carbocycles. The summed E-state index contributed by atoms with van der Waals surface area (Å²) in [4.78, 5) is 15.5. The molecule has 1 N–H and O–H groups in total. The molecule has 0 saturated heterocycles. The van der Waals surface area contributed by atoms with E-state index in [2.05, 4.69) is 82.5 Å². The summed E-state index contributed by atoms with van der Waals surface area (Å²) >= 11 is 1.70. The van der Waals surface area contributed by atoms with Crippen molar-refractivity contribution in [3.05, 3.63) is 82.1 Å². The van der Waals surface area contributed by atoms with E-state index in [0.717, 1.165) is 30.4 Å². The highest BCUT2D eigenvalue weighted by Gasteiger charge is 2.49. The minimum Gasteiger partial charge on any atom is -0.309 e. The predicted molar refractivity (Wildman–Crippen MR) is 155 cm³/mol. The Bertz CT molecular complexity index is 1310. The van der Waals surface area contributed by atoms with Crippen molar-refractivity contribution in [3.8, 4) is 17.2 Å². The van der Waals surface area contributed by atoms with Crippen LogP contribution in [-0.2, 0) is 10.2 Å². The Morgan fingerprint density at radius 1 is 1.19 bits per heavy atom. The first-order valence-electron chi connectivity index (χ1n) is 13.4. The van der Waals surface area contributed by atoms with Crippen molar-refractivity contribution in [2.45, 2.75) is 65.7 Å². The lowest BCUT2D eigenvalue weighted by Gasteiger charge is -2.38. The van der Waals surface area contributed by atoms with E-state index in [1.165, 1.54) is 10.5 Å². The fraction of sp³-hybridized carbons (Fsp3) is 0.424. The van der Waals surface area contributed by atoms with Gasteiger partial charge in [0.2, 0.25) is 0 Å². The van der Waals surface area contributed by atoms with Gasteiger partial charge in [0.25, 0.3) is 0 Å². The van der Waals surface area contributed by atoms with Crippen molar-refractivity contribution in [2.75, 3.05) is 0 Å². The molecule has 2 aliphatic carbocycles. The lowest BCUT2D eigenvalue weighted by atomic mass is 9.65. The van der Waals surface area contributed by atoms with E-state index >= 15 is 0 Å². The Morgan fingerprint density at radius 3 is 2.68 bits per heavy atom. The number of hydrogen-bond acceptors (Lipinski definition) is 4. The highest BCUT2D eigenvalue weighted by molar-refractivity contribution is 7.10. The molecule has 0 spiro atoms. The van der Waals surface area contributed by atoms with Gasteiger partial charge in [0.15, 0.2) is 0 Å². The first-order chi connectivity index (χ1) is 17.6. The SMILES string of the molecule is CCCC1C(=N)CC[C@](C)(c2cc(-c3cccc(C#N)c3)cs2)[C@H](C2C=CC=C(C(C)(C)C)C=C2)C1=O. The number of thiophene rings is 1. The molecule has 4 heteroatoms. The normalized spacial score (nSPS) is 26.4. The number of rotatable bonds is 5. The molecule has 1 saturated carbocycles. The summed E-state index contributed by atoms with van der Waals surface area (Å²) < 4.78 is 0. The van der Waals surface area contributed by atoms with E-state index < -0.39 is 5.41 Å². The Labute approximate surface area is 226 Å². The summed E-state index contributed by atoms with van der Waals surface area (Å²) in [5.41, 5.74) is 4.22. The van der Waals surface area contributed by atoms with E-state index in [1.807, 2.05) is 24.3 Å². The smallest absolute Gasteiger partial charge is 0.146 e. The number of nitrogens with one attached hydrogen (secondary N) is 1. The predicted octanol–water partition coefficient (Wildman–Crippen LogP) is 8.67. The Kier molecular flexibility index (Phi) is 7.85. The molecule has 2 aromatic rings. The first kappa shape index (κ1) is 27.0. The number of carbonyl (C=O) groups excluding carboxylic acids is 1. The maximum absolute atomic E-state index is 14.3. The van der Waals surface area contributed by atoms with Crippen LogP contribution in [0.2, 0.25) is 0 Å². The van der Waals surface area contributed by atoms with Crippen molar-refractivity contribution < 1.29 is 4.79 Å². The van der Waals surface area contributed by atoms with Crippen LogP contribution in [0.15, 0.2) is 71.7 Å². The second-order valence-electron chi connectivity index (χ2n) is 11.7. The van der Waals surface area contributed by atoms with Crippen molar-refractivity contribution >= 4 is 22.8 Å². The average Bonchev–Trinajstić information content (AvgIpc) is 3.21. The second-order valence-corrected chi connectivity index (χ2v) is 12.7. The quantitative estimate of drug-likeness (QED) is 0.409. The summed E-state index contributed by atoms with van der Waals surface area (Å²) in [6.45, 7) is 11.0. The number of carbonyl (C=O) groups is 1. The molecular formula is C33H38N2OS. The van der Waals surface area contributed by atoms with Crippen molar-refractivity contribution in [1.29, 1.82) is 10.7 Å². The number of Topliss-reactive ketones (excluding diaryl/α,β-unsaturated/α-hetero) is 1. The standard InChI is InChI=1S/C33H38N2OS/c1-6-9-27-28(35)16-17-33(5,29-19-25(21-37-29)24-12-7-10-22(18-24)20-34)30(31(27)36)23-11-8-13-26(15-14-23)32(2,3)4/h7-8,10-15,18-19,21,23,27,30,35H,6,9,16-17H2,1-5H3/t23?,27?,30-,33-/m1/s1. The van der Waals surface area contributed by atoms with Crippen LogP contribution in [0.4, 0.5) is 0 Å². The third kappa shape index (κ3) is 5.48. The van der Waals surface area contributed by atoms with Crippen LogP contribution in [-0.4, -0.2) is 11.5 Å². The zero-order chi connectivity index (χ0) is 26.8. The minimum atomic E-state index is -0.396. The largest absolute Gasteiger partial charge is 0.309 e. The molecule has 0 bridgehead atoms. The maximum Gasteiger partial charge on any atom is 0.146 e. The van der Waals surface area contributed by atoms with E-state index in [0.29, 0.717) is 17.7 Å². The number of hydrogen-bond donors (Lipinski definition) is 1. The molecule has 1 aromatic heterocycles. The number of benzene rings is 1. The zero-order valence-electron chi connectivity index (χ0n) is 22.7. The van der Waals surface area contributed by atoms with Gasteiger partial charge in [-0.1, -0.05) is 83.6 Å². The van der Waals surface area contributed by atoms with E-state index in [-0.39, 0.29) is 29.0 Å². The first-order valence-corrected chi connectivity index (χ1v) is 14.2. The molecule has 0 radical (unpaired) electrons. The second kappa shape index (κ2) is 10.8. The van der Waals surface area contributed by atoms with Gasteiger partial charge in [-0.2, -0.15) is 5.26 Å². The third-order valence-corrected chi connectivity index (χ3v) is 9.30. The van der Waals surface area contributed by atoms with Gasteiger partial charge in [0.1, 0.15) is 5.78 Å². The molecule has 4 atom stereocenters. The Morgan fingerprint density at radius 2 is 1.97 bits per heavy atom. The van der Waals surface area contributed by atoms with Gasteiger partial charge in [-0.3, -0.25) is 4.79 Å². The van der Waals surface area contributed by atoms with E-state index in [9.17, 15) is 10.1 Å². The molecule has 1 heterocycles. The highest BCUT2D eigenvalue weighted by atomic mass is 32.1. The minimum absolute atomic E-state index is 0.0278. The van der Waals surface area contributed by atoms with Gasteiger partial charge in [-0.15, -0.1) is 11.3 Å². The molecule has 2 aliphatic rings. The maximum atomic E-state index is 14.3. The topological polar surface area (TPSA) is 64.7 Å². The summed E-state index contributed by atoms with van der Waals surface area (Å²) in [7, 11) is 0. The lowest BCUT2D eigenvalue weighted by molar-refractivity contribution is -0.127. The van der Waals surface area contributed by atoms with Crippen molar-refractivity contribution in [3.63, 3.8) is 0 Å². The average molecular weight is 511 g/mol. The molecule has 192 valence electrons. The van der Waals surface area contributed by atoms with Crippen LogP contribution in [0.25, 0.3) is 11.1 Å². The molecule has 1 fully saturated rings. The molecular weight excluding hydrogens is 472 g/mol. The van der Waals surface area contributed by atoms with Gasteiger partial charge < -0.3 is 5.41 Å². The summed E-state index contributed by atoms with van der Waals surface area (Å²) in [5.74, 6) is -0.370. The summed E-state index contributed by atoms with van der Waals surface area (Å²) in [5, 5.41) is 20.3. The van der Waals surface area contributed by atoms with E-state index in [1.54, 1.807) is 11.3 Å². The van der Waals surface area contributed by atoms with Gasteiger partial charge >= 0.3 is 0 Å².